The van der Waals surface area contributed by atoms with Crippen molar-refractivity contribution in [2.45, 2.75) is 39.2 Å². The van der Waals surface area contributed by atoms with Crippen molar-refractivity contribution in [2.24, 2.45) is 0 Å². The van der Waals surface area contributed by atoms with Gasteiger partial charge in [-0.25, -0.2) is 0 Å². The van der Waals surface area contributed by atoms with E-state index in [2.05, 4.69) is 17.2 Å². The average molecular weight is 221 g/mol. The highest BCUT2D eigenvalue weighted by Crippen LogP contribution is 2.04. The van der Waals surface area contributed by atoms with E-state index in [4.69, 9.17) is 5.73 Å². The number of hydrogen-bond acceptors (Lipinski definition) is 3. The first kappa shape index (κ1) is 12.5. The fraction of sp³-hybridized carbons (Fsp3) is 0.500. The lowest BCUT2D eigenvalue weighted by molar-refractivity contribution is 0.0933. The minimum atomic E-state index is -0.157. The van der Waals surface area contributed by atoms with Gasteiger partial charge >= 0.3 is 0 Å². The van der Waals surface area contributed by atoms with E-state index in [0.717, 1.165) is 19.3 Å². The molecule has 1 aromatic rings. The smallest absolute Gasteiger partial charge is 0.270 e. The third-order valence-corrected chi connectivity index (χ3v) is 2.38. The van der Waals surface area contributed by atoms with E-state index >= 15 is 0 Å². The van der Waals surface area contributed by atoms with Crippen LogP contribution in [0.1, 0.15) is 43.6 Å². The summed E-state index contributed by atoms with van der Waals surface area (Å²) in [5.41, 5.74) is 6.52. The maximum absolute atomic E-state index is 11.7. The van der Waals surface area contributed by atoms with Crippen LogP contribution in [0.25, 0.3) is 0 Å². The number of rotatable bonds is 5. The molecule has 3 N–H and O–H groups in total. The zero-order chi connectivity index (χ0) is 12.0. The van der Waals surface area contributed by atoms with Gasteiger partial charge in [0.05, 0.1) is 0 Å². The Morgan fingerprint density at radius 3 is 3.00 bits per heavy atom. The molecule has 1 aromatic heterocycles. The van der Waals surface area contributed by atoms with Crippen LogP contribution in [-0.2, 0) is 0 Å². The zero-order valence-corrected chi connectivity index (χ0v) is 9.86. The Labute approximate surface area is 96.3 Å². The quantitative estimate of drug-likeness (QED) is 0.798. The molecule has 88 valence electrons. The summed E-state index contributed by atoms with van der Waals surface area (Å²) < 4.78 is 0. The number of carbonyl (C=O) groups is 1. The Hall–Kier alpha value is -1.58. The highest BCUT2D eigenvalue weighted by Gasteiger charge is 2.10. The largest absolute Gasteiger partial charge is 0.399 e. The highest BCUT2D eigenvalue weighted by atomic mass is 16.1. The molecule has 0 aliphatic heterocycles. The van der Waals surface area contributed by atoms with E-state index < -0.39 is 0 Å². The molecule has 4 heteroatoms. The lowest BCUT2D eigenvalue weighted by atomic mass is 10.1. The Morgan fingerprint density at radius 1 is 1.62 bits per heavy atom. The lowest BCUT2D eigenvalue weighted by Crippen LogP contribution is -2.33. The summed E-state index contributed by atoms with van der Waals surface area (Å²) in [5, 5.41) is 2.90. The number of pyridine rings is 1. The Bertz CT molecular complexity index is 352. The predicted octanol–water partition coefficient (Wildman–Crippen LogP) is 1.97. The van der Waals surface area contributed by atoms with Gasteiger partial charge in [-0.15, -0.1) is 0 Å². The molecule has 1 unspecified atom stereocenters. The minimum absolute atomic E-state index is 0.157. The molecule has 16 heavy (non-hydrogen) atoms. The number of unbranched alkanes of at least 4 members (excludes halogenated alkanes) is 1. The number of aromatic nitrogens is 1. The van der Waals surface area contributed by atoms with Gasteiger partial charge in [0.2, 0.25) is 0 Å². The zero-order valence-electron chi connectivity index (χ0n) is 9.86. The van der Waals surface area contributed by atoms with E-state index in [1.54, 1.807) is 18.3 Å². The number of nitrogens with zero attached hydrogens (tertiary/aromatic N) is 1. The van der Waals surface area contributed by atoms with Crippen molar-refractivity contribution < 1.29 is 4.79 Å². The Balaban J connectivity index is 2.52. The molecule has 0 fully saturated rings. The van der Waals surface area contributed by atoms with E-state index in [1.165, 1.54) is 0 Å². The van der Waals surface area contributed by atoms with Crippen LogP contribution in [0.15, 0.2) is 18.3 Å². The second kappa shape index (κ2) is 6.10. The van der Waals surface area contributed by atoms with Crippen molar-refractivity contribution in [3.05, 3.63) is 24.0 Å². The van der Waals surface area contributed by atoms with Gasteiger partial charge in [0.15, 0.2) is 0 Å². The molecule has 0 saturated heterocycles. The third kappa shape index (κ3) is 3.88. The van der Waals surface area contributed by atoms with Crippen LogP contribution in [-0.4, -0.2) is 16.9 Å². The molecule has 1 amide bonds. The molecule has 0 bridgehead atoms. The van der Waals surface area contributed by atoms with Gasteiger partial charge < -0.3 is 11.1 Å². The fourth-order valence-corrected chi connectivity index (χ4v) is 1.45. The first-order valence-electron chi connectivity index (χ1n) is 5.66. The van der Waals surface area contributed by atoms with Crippen molar-refractivity contribution in [2.75, 3.05) is 5.73 Å². The van der Waals surface area contributed by atoms with E-state index in [-0.39, 0.29) is 11.9 Å². The van der Waals surface area contributed by atoms with Crippen LogP contribution in [0.2, 0.25) is 0 Å². The Morgan fingerprint density at radius 2 is 2.38 bits per heavy atom. The topological polar surface area (TPSA) is 68.0 Å². The second-order valence-corrected chi connectivity index (χ2v) is 3.99. The third-order valence-electron chi connectivity index (χ3n) is 2.38. The van der Waals surface area contributed by atoms with Gasteiger partial charge in [0, 0.05) is 17.9 Å². The summed E-state index contributed by atoms with van der Waals surface area (Å²) in [4.78, 5) is 15.7. The first-order chi connectivity index (χ1) is 7.63. The first-order valence-corrected chi connectivity index (χ1v) is 5.66. The van der Waals surface area contributed by atoms with Gasteiger partial charge in [-0.3, -0.25) is 9.78 Å². The number of nitrogen functional groups attached to an aromatic ring is 1. The Kier molecular flexibility index (Phi) is 4.76. The number of carbonyl (C=O) groups excluding carboxylic acids is 1. The number of hydrogen-bond donors (Lipinski definition) is 2. The normalized spacial score (nSPS) is 12.1. The van der Waals surface area contributed by atoms with Crippen LogP contribution in [0.5, 0.6) is 0 Å². The summed E-state index contributed by atoms with van der Waals surface area (Å²) in [6, 6.07) is 3.43. The van der Waals surface area contributed by atoms with Crippen LogP contribution in [0.4, 0.5) is 5.69 Å². The van der Waals surface area contributed by atoms with Crippen LogP contribution >= 0.6 is 0 Å². The maximum Gasteiger partial charge on any atom is 0.270 e. The van der Waals surface area contributed by atoms with Crippen molar-refractivity contribution in [1.82, 2.24) is 10.3 Å². The van der Waals surface area contributed by atoms with E-state index in [1.807, 2.05) is 6.92 Å². The molecule has 0 aliphatic carbocycles. The van der Waals surface area contributed by atoms with Crippen molar-refractivity contribution in [1.29, 1.82) is 0 Å². The van der Waals surface area contributed by atoms with Gasteiger partial charge in [-0.1, -0.05) is 19.8 Å². The van der Waals surface area contributed by atoms with Crippen molar-refractivity contribution >= 4 is 11.6 Å². The number of nitrogens with two attached hydrogens (primary N) is 1. The van der Waals surface area contributed by atoms with Gasteiger partial charge in [0.1, 0.15) is 5.69 Å². The SMILES string of the molecule is CCCCC(C)NC(=O)c1cc(N)ccn1. The van der Waals surface area contributed by atoms with E-state index in [0.29, 0.717) is 11.4 Å². The fourth-order valence-electron chi connectivity index (χ4n) is 1.45. The molecule has 1 heterocycles. The summed E-state index contributed by atoms with van der Waals surface area (Å²) in [6.07, 6.45) is 4.79. The monoisotopic (exact) mass is 221 g/mol. The minimum Gasteiger partial charge on any atom is -0.399 e. The van der Waals surface area contributed by atoms with Crippen molar-refractivity contribution in [3.8, 4) is 0 Å². The van der Waals surface area contributed by atoms with Crippen LogP contribution in [0.3, 0.4) is 0 Å². The molecule has 0 spiro atoms. The summed E-state index contributed by atoms with van der Waals surface area (Å²) >= 11 is 0. The van der Waals surface area contributed by atoms with Gasteiger partial charge in [0.25, 0.3) is 5.91 Å². The van der Waals surface area contributed by atoms with Crippen molar-refractivity contribution in [3.63, 3.8) is 0 Å². The molecular formula is C12H19N3O. The summed E-state index contributed by atoms with van der Waals surface area (Å²) in [6.45, 7) is 4.13. The van der Waals surface area contributed by atoms with E-state index in [9.17, 15) is 4.79 Å². The van der Waals surface area contributed by atoms with Gasteiger partial charge in [-0.2, -0.15) is 0 Å². The molecular weight excluding hydrogens is 202 g/mol. The molecule has 4 nitrogen and oxygen atoms in total. The molecule has 0 radical (unpaired) electrons. The molecule has 0 aromatic carbocycles. The molecule has 1 rings (SSSR count). The van der Waals surface area contributed by atoms with Gasteiger partial charge in [-0.05, 0) is 25.5 Å². The summed E-state index contributed by atoms with van der Waals surface area (Å²) in [7, 11) is 0. The maximum atomic E-state index is 11.7. The lowest BCUT2D eigenvalue weighted by Gasteiger charge is -2.12. The number of anilines is 1. The molecule has 0 saturated carbocycles. The van der Waals surface area contributed by atoms with Crippen LogP contribution < -0.4 is 11.1 Å². The predicted molar refractivity (Wildman–Crippen MR) is 65.1 cm³/mol. The number of nitrogens with one attached hydrogen (secondary N) is 1. The van der Waals surface area contributed by atoms with Crippen LogP contribution in [0, 0.1) is 0 Å². The molecule has 1 atom stereocenters. The molecule has 0 aliphatic rings. The number of amides is 1. The average Bonchev–Trinajstić information content (AvgIpc) is 2.26. The second-order valence-electron chi connectivity index (χ2n) is 3.99. The summed E-state index contributed by atoms with van der Waals surface area (Å²) in [5.74, 6) is -0.157. The highest BCUT2D eigenvalue weighted by molar-refractivity contribution is 5.93. The standard InChI is InChI=1S/C12H19N3O/c1-3-4-5-9(2)15-12(16)11-8-10(13)6-7-14-11/h6-9H,3-5H2,1-2H3,(H2,13,14)(H,15,16).